The van der Waals surface area contributed by atoms with Crippen LogP contribution in [0.15, 0.2) is 53.7 Å². The highest BCUT2D eigenvalue weighted by atomic mass is 35.5. The first-order chi connectivity index (χ1) is 12.5. The molecule has 0 fully saturated rings. The molecule has 1 N–H and O–H groups in total. The molecule has 26 heavy (non-hydrogen) atoms. The van der Waals surface area contributed by atoms with E-state index < -0.39 is 0 Å². The van der Waals surface area contributed by atoms with Gasteiger partial charge in [0.2, 0.25) is 5.91 Å². The van der Waals surface area contributed by atoms with E-state index in [1.165, 1.54) is 11.8 Å². The molecule has 134 valence electrons. The zero-order valence-corrected chi connectivity index (χ0v) is 16.4. The molecule has 3 rings (SSSR count). The normalized spacial score (nSPS) is 12.0. The zero-order valence-electron chi connectivity index (χ0n) is 14.1. The molecular weight excluding hydrogens is 391 g/mol. The van der Waals surface area contributed by atoms with Gasteiger partial charge in [0.25, 0.3) is 0 Å². The molecule has 0 aliphatic carbocycles. The Morgan fingerprint density at radius 2 is 1.88 bits per heavy atom. The topological polar surface area (TPSA) is 59.8 Å². The van der Waals surface area contributed by atoms with Gasteiger partial charge in [-0.05, 0) is 37.3 Å². The van der Waals surface area contributed by atoms with Crippen LogP contribution in [0.5, 0.6) is 0 Å². The van der Waals surface area contributed by atoms with Gasteiger partial charge in [-0.2, -0.15) is 0 Å². The van der Waals surface area contributed by atoms with Crippen LogP contribution in [0.1, 0.15) is 6.92 Å². The molecule has 1 amide bonds. The number of thioether (sulfide) groups is 1. The maximum atomic E-state index is 11.9. The number of nitrogens with zero attached hydrogens (tertiary/aromatic N) is 3. The molecular formula is C18H16Cl2N4OS. The molecule has 0 radical (unpaired) electrons. The third-order valence-electron chi connectivity index (χ3n) is 3.72. The average molecular weight is 407 g/mol. The number of aromatic nitrogens is 3. The number of amides is 1. The Morgan fingerprint density at radius 1 is 1.15 bits per heavy atom. The Balaban J connectivity index is 2.12. The first kappa shape index (κ1) is 18.8. The molecule has 0 aliphatic heterocycles. The summed E-state index contributed by atoms with van der Waals surface area (Å²) in [4.78, 5) is 11.9. The molecule has 1 atom stereocenters. The first-order valence-corrected chi connectivity index (χ1v) is 9.49. The fraction of sp³-hybridized carbons (Fsp3) is 0.167. The number of para-hydroxylation sites is 1. The maximum Gasteiger partial charge on any atom is 0.233 e. The van der Waals surface area contributed by atoms with Crippen molar-refractivity contribution in [1.29, 1.82) is 0 Å². The Kier molecular flexibility index (Phi) is 5.86. The van der Waals surface area contributed by atoms with Gasteiger partial charge < -0.3 is 5.32 Å². The van der Waals surface area contributed by atoms with Crippen LogP contribution < -0.4 is 5.32 Å². The first-order valence-electron chi connectivity index (χ1n) is 7.85. The van der Waals surface area contributed by atoms with Crippen LogP contribution in [0.3, 0.4) is 0 Å². The van der Waals surface area contributed by atoms with Crippen molar-refractivity contribution in [3.8, 4) is 17.1 Å². The molecule has 1 aromatic heterocycles. The molecule has 0 saturated heterocycles. The van der Waals surface area contributed by atoms with Gasteiger partial charge in [0.1, 0.15) is 0 Å². The molecule has 0 aliphatic rings. The second-order valence-corrected chi connectivity index (χ2v) is 7.63. The van der Waals surface area contributed by atoms with Crippen LogP contribution in [0.2, 0.25) is 10.0 Å². The van der Waals surface area contributed by atoms with Gasteiger partial charge in [-0.3, -0.25) is 9.36 Å². The van der Waals surface area contributed by atoms with Crippen LogP contribution in [-0.4, -0.2) is 33.0 Å². The number of rotatable bonds is 5. The Morgan fingerprint density at radius 3 is 2.54 bits per heavy atom. The molecule has 1 unspecified atom stereocenters. The van der Waals surface area contributed by atoms with Gasteiger partial charge in [-0.15, -0.1) is 10.2 Å². The fourth-order valence-electron chi connectivity index (χ4n) is 2.42. The molecule has 3 aromatic rings. The third-order valence-corrected chi connectivity index (χ3v) is 5.31. The standard InChI is InChI=1S/C18H16Cl2N4OS/c1-11(17(25)21-2)26-18-23-22-16(14-9-8-12(19)10-15(14)20)24(18)13-6-4-3-5-7-13/h3-11H,1-2H3,(H,21,25). The van der Waals surface area contributed by atoms with Crippen molar-refractivity contribution >= 4 is 40.9 Å². The summed E-state index contributed by atoms with van der Waals surface area (Å²) in [6.45, 7) is 1.82. The van der Waals surface area contributed by atoms with E-state index in [0.717, 1.165) is 5.69 Å². The number of carbonyl (C=O) groups is 1. The average Bonchev–Trinajstić information content (AvgIpc) is 3.04. The summed E-state index contributed by atoms with van der Waals surface area (Å²) in [6.07, 6.45) is 0. The van der Waals surface area contributed by atoms with Crippen molar-refractivity contribution in [3.05, 3.63) is 58.6 Å². The Bertz CT molecular complexity index is 930. The van der Waals surface area contributed by atoms with Crippen LogP contribution in [0.25, 0.3) is 17.1 Å². The smallest absolute Gasteiger partial charge is 0.233 e. The maximum absolute atomic E-state index is 11.9. The molecule has 0 spiro atoms. The molecule has 8 heteroatoms. The van der Waals surface area contributed by atoms with Crippen LogP contribution in [0.4, 0.5) is 0 Å². The van der Waals surface area contributed by atoms with Crippen LogP contribution >= 0.6 is 35.0 Å². The highest BCUT2D eigenvalue weighted by molar-refractivity contribution is 8.00. The van der Waals surface area contributed by atoms with Crippen molar-refractivity contribution in [2.24, 2.45) is 0 Å². The van der Waals surface area contributed by atoms with E-state index in [-0.39, 0.29) is 11.2 Å². The summed E-state index contributed by atoms with van der Waals surface area (Å²) >= 11 is 13.7. The summed E-state index contributed by atoms with van der Waals surface area (Å²) in [5, 5.41) is 12.6. The summed E-state index contributed by atoms with van der Waals surface area (Å²) in [5.74, 6) is 0.508. The predicted octanol–water partition coefficient (Wildman–Crippen LogP) is 4.47. The lowest BCUT2D eigenvalue weighted by molar-refractivity contribution is -0.119. The molecule has 0 bridgehead atoms. The highest BCUT2D eigenvalue weighted by Gasteiger charge is 2.22. The Labute approximate surface area is 165 Å². The summed E-state index contributed by atoms with van der Waals surface area (Å²) in [6, 6.07) is 14.9. The molecule has 0 saturated carbocycles. The van der Waals surface area contributed by atoms with Crippen molar-refractivity contribution in [3.63, 3.8) is 0 Å². The zero-order chi connectivity index (χ0) is 18.7. The van der Waals surface area contributed by atoms with E-state index in [2.05, 4.69) is 15.5 Å². The van der Waals surface area contributed by atoms with E-state index in [4.69, 9.17) is 23.2 Å². The van der Waals surface area contributed by atoms with Gasteiger partial charge in [-0.25, -0.2) is 0 Å². The number of carbonyl (C=O) groups excluding carboxylic acids is 1. The molecule has 2 aromatic carbocycles. The summed E-state index contributed by atoms with van der Waals surface area (Å²) < 4.78 is 1.89. The van der Waals surface area contributed by atoms with Crippen molar-refractivity contribution < 1.29 is 4.79 Å². The largest absolute Gasteiger partial charge is 0.358 e. The third kappa shape index (κ3) is 3.87. The summed E-state index contributed by atoms with van der Waals surface area (Å²) in [7, 11) is 1.61. The number of hydrogen-bond donors (Lipinski definition) is 1. The lowest BCUT2D eigenvalue weighted by atomic mass is 10.2. The number of nitrogens with one attached hydrogen (secondary N) is 1. The van der Waals surface area contributed by atoms with E-state index in [0.29, 0.717) is 26.6 Å². The quantitative estimate of drug-likeness (QED) is 0.634. The SMILES string of the molecule is CNC(=O)C(C)Sc1nnc(-c2ccc(Cl)cc2Cl)n1-c1ccccc1. The lowest BCUT2D eigenvalue weighted by Crippen LogP contribution is -2.27. The second kappa shape index (κ2) is 8.12. The minimum Gasteiger partial charge on any atom is -0.358 e. The molecule has 1 heterocycles. The van der Waals surface area contributed by atoms with E-state index in [9.17, 15) is 4.79 Å². The van der Waals surface area contributed by atoms with Crippen molar-refractivity contribution in [2.75, 3.05) is 7.05 Å². The second-order valence-electron chi connectivity index (χ2n) is 5.48. The van der Waals surface area contributed by atoms with Crippen molar-refractivity contribution in [2.45, 2.75) is 17.3 Å². The van der Waals surface area contributed by atoms with Crippen LogP contribution in [-0.2, 0) is 4.79 Å². The van der Waals surface area contributed by atoms with E-state index in [1.54, 1.807) is 19.2 Å². The number of halogens is 2. The fourth-order valence-corrected chi connectivity index (χ4v) is 3.84. The number of hydrogen-bond acceptors (Lipinski definition) is 4. The van der Waals surface area contributed by atoms with Crippen molar-refractivity contribution in [1.82, 2.24) is 20.1 Å². The monoisotopic (exact) mass is 406 g/mol. The van der Waals surface area contributed by atoms with Gasteiger partial charge in [-0.1, -0.05) is 53.2 Å². The van der Waals surface area contributed by atoms with Crippen LogP contribution in [0, 0.1) is 0 Å². The minimum atomic E-state index is -0.319. The summed E-state index contributed by atoms with van der Waals surface area (Å²) in [5.41, 5.74) is 1.59. The van der Waals surface area contributed by atoms with E-state index in [1.807, 2.05) is 47.9 Å². The van der Waals surface area contributed by atoms with Gasteiger partial charge in [0.05, 0.1) is 10.3 Å². The molecule has 5 nitrogen and oxygen atoms in total. The lowest BCUT2D eigenvalue weighted by Gasteiger charge is -2.13. The van der Waals surface area contributed by atoms with Gasteiger partial charge >= 0.3 is 0 Å². The Hall–Kier alpha value is -2.02. The van der Waals surface area contributed by atoms with E-state index >= 15 is 0 Å². The van der Waals surface area contributed by atoms with Gasteiger partial charge in [0.15, 0.2) is 11.0 Å². The number of benzene rings is 2. The predicted molar refractivity (Wildman–Crippen MR) is 106 cm³/mol. The minimum absolute atomic E-state index is 0.0799. The van der Waals surface area contributed by atoms with Gasteiger partial charge in [0, 0.05) is 23.3 Å². The highest BCUT2D eigenvalue weighted by Crippen LogP contribution is 2.34.